The molecule has 1 aromatic carbocycles. The average Bonchev–Trinajstić information content (AvgIpc) is 2.71. The average molecular weight is 219 g/mol. The van der Waals surface area contributed by atoms with E-state index in [1.54, 1.807) is 24.3 Å². The van der Waals surface area contributed by atoms with Gasteiger partial charge in [0, 0.05) is 5.56 Å². The first-order valence-corrected chi connectivity index (χ1v) is 4.65. The Morgan fingerprint density at radius 2 is 2.06 bits per heavy atom. The zero-order valence-electron chi connectivity index (χ0n) is 8.54. The molecule has 1 aliphatic rings. The predicted molar refractivity (Wildman–Crippen MR) is 54.9 cm³/mol. The molecule has 0 bridgehead atoms. The molecule has 0 amide bonds. The van der Waals surface area contributed by atoms with Gasteiger partial charge in [0.1, 0.15) is 0 Å². The van der Waals surface area contributed by atoms with Gasteiger partial charge in [-0.05, 0) is 12.1 Å². The van der Waals surface area contributed by atoms with Crippen LogP contribution in [0.4, 0.5) is 0 Å². The Bertz CT molecular complexity index is 452. The van der Waals surface area contributed by atoms with E-state index in [1.807, 2.05) is 6.07 Å². The van der Waals surface area contributed by atoms with Crippen molar-refractivity contribution < 1.29 is 19.1 Å². The van der Waals surface area contributed by atoms with Crippen LogP contribution in [0.3, 0.4) is 0 Å². The van der Waals surface area contributed by atoms with Gasteiger partial charge >= 0.3 is 11.9 Å². The fraction of sp³-hybridized carbons (Fsp3) is 0.182. The second kappa shape index (κ2) is 4.14. The highest BCUT2D eigenvalue weighted by Gasteiger charge is 2.36. The van der Waals surface area contributed by atoms with Gasteiger partial charge < -0.3 is 9.47 Å². The molecule has 1 heterocycles. The fourth-order valence-electron chi connectivity index (χ4n) is 1.32. The largest absolute Gasteiger partial charge is 0.467 e. The van der Waals surface area contributed by atoms with Gasteiger partial charge in [0.05, 0.1) is 7.11 Å². The second-order valence-electron chi connectivity index (χ2n) is 3.15. The highest BCUT2D eigenvalue weighted by atomic mass is 16.6. The third-order valence-corrected chi connectivity index (χ3v) is 2.11. The number of benzene rings is 1. The highest BCUT2D eigenvalue weighted by Crippen LogP contribution is 2.13. The number of rotatable bonds is 2. The monoisotopic (exact) mass is 219 g/mol. The Morgan fingerprint density at radius 1 is 1.38 bits per heavy atom. The number of ether oxygens (including phenoxy) is 2. The molecule has 1 aromatic rings. The molecule has 0 aromatic heterocycles. The third-order valence-electron chi connectivity index (χ3n) is 2.11. The molecular formula is C11H9NO4. The molecule has 16 heavy (non-hydrogen) atoms. The number of esters is 2. The van der Waals surface area contributed by atoms with Crippen LogP contribution in [0, 0.1) is 0 Å². The number of carbonyl (C=O) groups is 2. The zero-order chi connectivity index (χ0) is 11.5. The van der Waals surface area contributed by atoms with Crippen LogP contribution in [0.5, 0.6) is 0 Å². The Labute approximate surface area is 91.7 Å². The van der Waals surface area contributed by atoms with Crippen LogP contribution < -0.4 is 0 Å². The van der Waals surface area contributed by atoms with Gasteiger partial charge in [-0.25, -0.2) is 14.6 Å². The summed E-state index contributed by atoms with van der Waals surface area (Å²) in [5.74, 6) is -1.26. The van der Waals surface area contributed by atoms with Gasteiger partial charge in [0.25, 0.3) is 0 Å². The molecule has 1 unspecified atom stereocenters. The predicted octanol–water partition coefficient (Wildman–Crippen LogP) is 0.532. The van der Waals surface area contributed by atoms with Crippen molar-refractivity contribution in [2.75, 3.05) is 7.11 Å². The highest BCUT2D eigenvalue weighted by molar-refractivity contribution is 6.13. The van der Waals surface area contributed by atoms with Crippen LogP contribution in [-0.4, -0.2) is 31.0 Å². The summed E-state index contributed by atoms with van der Waals surface area (Å²) in [6.07, 6.45) is 0. The number of hydrogen-bond acceptors (Lipinski definition) is 5. The number of methoxy groups -OCH3 is 1. The lowest BCUT2D eigenvalue weighted by Gasteiger charge is -1.98. The maximum Gasteiger partial charge on any atom is 0.349 e. The standard InChI is InChI=1S/C11H9NO4/c1-15-10(13)8-11(14)16-9(12-8)7-5-3-2-4-6-7/h2-6,8H,1H3. The van der Waals surface area contributed by atoms with Crippen molar-refractivity contribution in [2.24, 2.45) is 4.99 Å². The molecule has 0 radical (unpaired) electrons. The molecule has 2 rings (SSSR count). The van der Waals surface area contributed by atoms with Crippen LogP contribution in [0.1, 0.15) is 5.56 Å². The second-order valence-corrected chi connectivity index (χ2v) is 3.15. The van der Waals surface area contributed by atoms with Crippen molar-refractivity contribution in [3.8, 4) is 0 Å². The molecule has 0 saturated heterocycles. The molecule has 0 N–H and O–H groups in total. The quantitative estimate of drug-likeness (QED) is 0.537. The van der Waals surface area contributed by atoms with Crippen molar-refractivity contribution in [3.05, 3.63) is 35.9 Å². The fourth-order valence-corrected chi connectivity index (χ4v) is 1.32. The molecule has 0 fully saturated rings. The molecule has 82 valence electrons. The maximum atomic E-state index is 11.3. The Hall–Kier alpha value is -2.17. The van der Waals surface area contributed by atoms with Crippen LogP contribution in [0.15, 0.2) is 35.3 Å². The molecule has 0 aliphatic carbocycles. The molecule has 5 heteroatoms. The van der Waals surface area contributed by atoms with Gasteiger partial charge in [0.2, 0.25) is 11.9 Å². The summed E-state index contributed by atoms with van der Waals surface area (Å²) in [6, 6.07) is 7.70. The first-order valence-electron chi connectivity index (χ1n) is 4.65. The van der Waals surface area contributed by atoms with Crippen LogP contribution >= 0.6 is 0 Å². The molecular weight excluding hydrogens is 210 g/mol. The van der Waals surface area contributed by atoms with Gasteiger partial charge in [0.15, 0.2) is 0 Å². The topological polar surface area (TPSA) is 65.0 Å². The first-order chi connectivity index (χ1) is 7.72. The van der Waals surface area contributed by atoms with Gasteiger partial charge in [-0.2, -0.15) is 0 Å². The third kappa shape index (κ3) is 1.79. The Kier molecular flexibility index (Phi) is 2.68. The number of carbonyl (C=O) groups excluding carboxylic acids is 2. The molecule has 1 aliphatic heterocycles. The first kappa shape index (κ1) is 10.4. The van der Waals surface area contributed by atoms with Gasteiger partial charge in [-0.3, -0.25) is 0 Å². The van der Waals surface area contributed by atoms with Gasteiger partial charge in [-0.15, -0.1) is 0 Å². The zero-order valence-corrected chi connectivity index (χ0v) is 8.54. The molecule has 0 saturated carbocycles. The maximum absolute atomic E-state index is 11.3. The minimum Gasteiger partial charge on any atom is -0.467 e. The lowest BCUT2D eigenvalue weighted by Crippen LogP contribution is -2.26. The lowest BCUT2D eigenvalue weighted by molar-refractivity contribution is -0.149. The minimum absolute atomic E-state index is 0.154. The van der Waals surface area contributed by atoms with Crippen LogP contribution in [0.25, 0.3) is 0 Å². The summed E-state index contributed by atoms with van der Waals surface area (Å²) < 4.78 is 9.34. The minimum atomic E-state index is -1.19. The lowest BCUT2D eigenvalue weighted by atomic mass is 10.2. The van der Waals surface area contributed by atoms with Crippen molar-refractivity contribution in [1.29, 1.82) is 0 Å². The molecule has 0 spiro atoms. The van der Waals surface area contributed by atoms with E-state index in [9.17, 15) is 9.59 Å². The van der Waals surface area contributed by atoms with E-state index < -0.39 is 18.0 Å². The normalized spacial score (nSPS) is 18.9. The summed E-state index contributed by atoms with van der Waals surface area (Å²) in [7, 11) is 1.20. The Morgan fingerprint density at radius 3 is 2.69 bits per heavy atom. The van der Waals surface area contributed by atoms with Crippen LogP contribution in [-0.2, 0) is 19.1 Å². The summed E-state index contributed by atoms with van der Waals surface area (Å²) in [6.45, 7) is 0. The van der Waals surface area contributed by atoms with Crippen molar-refractivity contribution >= 4 is 17.8 Å². The van der Waals surface area contributed by atoms with E-state index in [0.717, 1.165) is 0 Å². The van der Waals surface area contributed by atoms with Gasteiger partial charge in [-0.1, -0.05) is 18.2 Å². The SMILES string of the molecule is COC(=O)C1N=C(c2ccccc2)OC1=O. The summed E-state index contributed by atoms with van der Waals surface area (Å²) in [5.41, 5.74) is 0.655. The number of cyclic esters (lactones) is 1. The number of aliphatic imine (C=N–C) groups is 1. The van der Waals surface area contributed by atoms with Crippen molar-refractivity contribution in [2.45, 2.75) is 6.04 Å². The van der Waals surface area contributed by atoms with E-state index >= 15 is 0 Å². The van der Waals surface area contributed by atoms with E-state index in [1.165, 1.54) is 7.11 Å². The van der Waals surface area contributed by atoms with E-state index in [-0.39, 0.29) is 5.90 Å². The molecule has 1 atom stereocenters. The van der Waals surface area contributed by atoms with Crippen molar-refractivity contribution in [1.82, 2.24) is 0 Å². The van der Waals surface area contributed by atoms with Crippen LogP contribution in [0.2, 0.25) is 0 Å². The Balaban J connectivity index is 2.27. The number of hydrogen-bond donors (Lipinski definition) is 0. The van der Waals surface area contributed by atoms with E-state index in [4.69, 9.17) is 4.74 Å². The number of nitrogens with zero attached hydrogens (tertiary/aromatic N) is 1. The molecule has 5 nitrogen and oxygen atoms in total. The van der Waals surface area contributed by atoms with Crippen molar-refractivity contribution in [3.63, 3.8) is 0 Å². The van der Waals surface area contributed by atoms with E-state index in [0.29, 0.717) is 5.56 Å². The van der Waals surface area contributed by atoms with E-state index in [2.05, 4.69) is 9.73 Å². The smallest absolute Gasteiger partial charge is 0.349 e. The summed E-state index contributed by atoms with van der Waals surface area (Å²) in [5, 5.41) is 0. The summed E-state index contributed by atoms with van der Waals surface area (Å²) in [4.78, 5) is 26.4. The summed E-state index contributed by atoms with van der Waals surface area (Å²) >= 11 is 0.